The van der Waals surface area contributed by atoms with Gasteiger partial charge in [-0.3, -0.25) is 9.48 Å². The Morgan fingerprint density at radius 1 is 1.14 bits per heavy atom. The summed E-state index contributed by atoms with van der Waals surface area (Å²) in [5.41, 5.74) is 16.7. The van der Waals surface area contributed by atoms with Crippen molar-refractivity contribution in [3.8, 4) is 17.0 Å². The predicted molar refractivity (Wildman–Crippen MR) is 134 cm³/mol. The Hall–Kier alpha value is -3.82. The number of piperidine rings is 1. The van der Waals surface area contributed by atoms with E-state index in [9.17, 15) is 4.79 Å². The highest BCUT2D eigenvalue weighted by Crippen LogP contribution is 2.34. The van der Waals surface area contributed by atoms with Gasteiger partial charge in [-0.2, -0.15) is 5.10 Å². The summed E-state index contributed by atoms with van der Waals surface area (Å²) in [7, 11) is 0. The molecular formula is C25H32N8O2. The van der Waals surface area contributed by atoms with Crippen LogP contribution in [0.5, 0.6) is 5.75 Å². The Kier molecular flexibility index (Phi) is 5.96. The average Bonchev–Trinajstić information content (AvgIpc) is 3.52. The lowest BCUT2D eigenvalue weighted by molar-refractivity contribution is -0.133. The molecule has 10 nitrogen and oxygen atoms in total. The van der Waals surface area contributed by atoms with Gasteiger partial charge in [-0.1, -0.05) is 5.16 Å². The number of allylic oxidation sites excluding steroid dienone is 1. The second kappa shape index (κ2) is 9.09. The zero-order chi connectivity index (χ0) is 24.7. The summed E-state index contributed by atoms with van der Waals surface area (Å²) >= 11 is 0. The number of fused-ring (bicyclic) bond motifs is 1. The van der Waals surface area contributed by atoms with Crippen LogP contribution in [-0.2, 0) is 4.79 Å². The third kappa shape index (κ3) is 4.60. The molecule has 2 fully saturated rings. The number of nitrogens with one attached hydrogen (secondary N) is 1. The monoisotopic (exact) mass is 476 g/mol. The van der Waals surface area contributed by atoms with E-state index in [0.29, 0.717) is 29.0 Å². The number of hydrogen-bond acceptors (Lipinski definition) is 6. The van der Waals surface area contributed by atoms with E-state index in [2.05, 4.69) is 26.7 Å². The number of H-pyrrole nitrogens is 1. The van der Waals surface area contributed by atoms with Crippen LogP contribution in [0, 0.1) is 12.8 Å². The predicted octanol–water partition coefficient (Wildman–Crippen LogP) is 3.21. The summed E-state index contributed by atoms with van der Waals surface area (Å²) in [5, 5.41) is 9.55. The second-order valence-corrected chi connectivity index (χ2v) is 9.59. The molecule has 1 saturated heterocycles. The number of hydrogen-bond donors (Lipinski definition) is 3. The van der Waals surface area contributed by atoms with Crippen molar-refractivity contribution in [2.24, 2.45) is 22.5 Å². The molecule has 0 atom stereocenters. The SMILES string of the molecule is CC(N)=C(C)C(N)=NOc1cnc2[nH]c(-c3cnn(C4CCN(C(=O)C5CC5)CC4)c3C)cc2c1. The second-order valence-electron chi connectivity index (χ2n) is 9.59. The third-order valence-corrected chi connectivity index (χ3v) is 7.05. The maximum atomic E-state index is 12.4. The third-order valence-electron chi connectivity index (χ3n) is 7.05. The number of aromatic nitrogens is 4. The Bertz CT molecular complexity index is 1320. The number of nitrogens with zero attached hydrogens (tertiary/aromatic N) is 5. The fourth-order valence-electron chi connectivity index (χ4n) is 4.54. The molecule has 0 spiro atoms. The largest absolute Gasteiger partial charge is 0.402 e. The first-order valence-electron chi connectivity index (χ1n) is 12.1. The number of rotatable bonds is 6. The maximum absolute atomic E-state index is 12.4. The van der Waals surface area contributed by atoms with Crippen LogP contribution in [0.25, 0.3) is 22.3 Å². The molecule has 0 radical (unpaired) electrons. The van der Waals surface area contributed by atoms with Crippen LogP contribution in [-0.4, -0.2) is 49.5 Å². The van der Waals surface area contributed by atoms with E-state index in [0.717, 1.165) is 66.8 Å². The van der Waals surface area contributed by atoms with Crippen LogP contribution in [0.3, 0.4) is 0 Å². The van der Waals surface area contributed by atoms with Gasteiger partial charge in [-0.15, -0.1) is 0 Å². The molecule has 5 rings (SSSR count). The zero-order valence-electron chi connectivity index (χ0n) is 20.4. The van der Waals surface area contributed by atoms with Gasteiger partial charge in [-0.05, 0) is 58.6 Å². The molecule has 3 aromatic rings. The standard InChI is InChI=1S/C25H32N8O2/c1-14(15(2)26)23(27)31-35-20-10-18-11-22(30-24(18)28-12-20)21-13-29-33(16(21)3)19-6-8-32(9-7-19)25(34)17-4-5-17/h10-13,17,19H,4-9,26H2,1-3H3,(H2,27,31)(H,28,30). The highest BCUT2D eigenvalue weighted by molar-refractivity contribution is 5.96. The lowest BCUT2D eigenvalue weighted by Gasteiger charge is -2.32. The van der Waals surface area contributed by atoms with Crippen LogP contribution in [0.2, 0.25) is 0 Å². The molecule has 35 heavy (non-hydrogen) atoms. The first-order chi connectivity index (χ1) is 16.8. The lowest BCUT2D eigenvalue weighted by Crippen LogP contribution is -2.40. The molecule has 4 heterocycles. The van der Waals surface area contributed by atoms with E-state index < -0.39 is 0 Å². The normalized spacial score (nSPS) is 18.1. The lowest BCUT2D eigenvalue weighted by atomic mass is 10.0. The molecular weight excluding hydrogens is 444 g/mol. The van der Waals surface area contributed by atoms with E-state index in [1.165, 1.54) is 0 Å². The summed E-state index contributed by atoms with van der Waals surface area (Å²) < 4.78 is 2.11. The van der Waals surface area contributed by atoms with Crippen molar-refractivity contribution in [2.75, 3.05) is 13.1 Å². The summed E-state index contributed by atoms with van der Waals surface area (Å²) in [4.78, 5) is 27.7. The van der Waals surface area contributed by atoms with Gasteiger partial charge in [0.1, 0.15) is 5.65 Å². The Labute approximate surface area is 204 Å². The van der Waals surface area contributed by atoms with E-state index in [1.807, 2.05) is 23.2 Å². The first kappa shape index (κ1) is 22.9. The Morgan fingerprint density at radius 3 is 2.57 bits per heavy atom. The minimum absolute atomic E-state index is 0.227. The van der Waals surface area contributed by atoms with Crippen molar-refractivity contribution in [1.82, 2.24) is 24.6 Å². The first-order valence-corrected chi connectivity index (χ1v) is 12.1. The number of oxime groups is 1. The van der Waals surface area contributed by atoms with Crippen LogP contribution in [0.1, 0.15) is 51.3 Å². The Balaban J connectivity index is 1.31. The van der Waals surface area contributed by atoms with Gasteiger partial charge in [-0.25, -0.2) is 4.98 Å². The maximum Gasteiger partial charge on any atom is 0.225 e. The molecule has 0 aromatic carbocycles. The summed E-state index contributed by atoms with van der Waals surface area (Å²) in [5.74, 6) is 1.33. The summed E-state index contributed by atoms with van der Waals surface area (Å²) in [6.45, 7) is 7.25. The number of amides is 1. The van der Waals surface area contributed by atoms with Crippen LogP contribution in [0.15, 0.2) is 41.0 Å². The minimum Gasteiger partial charge on any atom is -0.402 e. The number of likely N-dealkylation sites (tertiary alicyclic amines) is 1. The van der Waals surface area contributed by atoms with Gasteiger partial charge in [0.05, 0.1) is 24.1 Å². The average molecular weight is 477 g/mol. The number of pyridine rings is 1. The van der Waals surface area contributed by atoms with Gasteiger partial charge in [0.15, 0.2) is 11.6 Å². The van der Waals surface area contributed by atoms with E-state index in [-0.39, 0.29) is 11.8 Å². The quantitative estimate of drug-likeness (QED) is 0.283. The smallest absolute Gasteiger partial charge is 0.225 e. The van der Waals surface area contributed by atoms with Crippen molar-refractivity contribution in [3.63, 3.8) is 0 Å². The van der Waals surface area contributed by atoms with Crippen molar-refractivity contribution < 1.29 is 9.63 Å². The number of nitrogens with two attached hydrogens (primary N) is 2. The van der Waals surface area contributed by atoms with Gasteiger partial charge >= 0.3 is 0 Å². The Morgan fingerprint density at radius 2 is 1.89 bits per heavy atom. The van der Waals surface area contributed by atoms with Crippen molar-refractivity contribution in [1.29, 1.82) is 0 Å². The van der Waals surface area contributed by atoms with Crippen molar-refractivity contribution in [2.45, 2.75) is 52.5 Å². The molecule has 1 aliphatic heterocycles. The highest BCUT2D eigenvalue weighted by atomic mass is 16.6. The number of amidine groups is 1. The molecule has 5 N–H and O–H groups in total. The molecule has 1 saturated carbocycles. The molecule has 10 heteroatoms. The zero-order valence-corrected chi connectivity index (χ0v) is 20.4. The van der Waals surface area contributed by atoms with E-state index >= 15 is 0 Å². The van der Waals surface area contributed by atoms with Gasteiger partial charge in [0.25, 0.3) is 0 Å². The van der Waals surface area contributed by atoms with E-state index in [1.54, 1.807) is 20.0 Å². The molecule has 0 unspecified atom stereocenters. The van der Waals surface area contributed by atoms with Crippen LogP contribution < -0.4 is 16.3 Å². The summed E-state index contributed by atoms with van der Waals surface area (Å²) in [6.07, 6.45) is 7.46. The van der Waals surface area contributed by atoms with E-state index in [4.69, 9.17) is 21.4 Å². The highest BCUT2D eigenvalue weighted by Gasteiger charge is 2.35. The molecule has 0 bridgehead atoms. The fourth-order valence-corrected chi connectivity index (χ4v) is 4.54. The molecule has 1 amide bonds. The van der Waals surface area contributed by atoms with Crippen LogP contribution >= 0.6 is 0 Å². The summed E-state index contributed by atoms with van der Waals surface area (Å²) in [6, 6.07) is 4.19. The van der Waals surface area contributed by atoms with Gasteiger partial charge in [0.2, 0.25) is 5.91 Å². The molecule has 2 aliphatic rings. The number of aromatic amines is 1. The molecule has 184 valence electrons. The van der Waals surface area contributed by atoms with Crippen molar-refractivity contribution >= 4 is 22.8 Å². The fraction of sp³-hybridized carbons (Fsp3) is 0.440. The number of carbonyl (C=O) groups is 1. The van der Waals surface area contributed by atoms with Crippen LogP contribution in [0.4, 0.5) is 0 Å². The minimum atomic E-state index is 0.227. The number of carbonyl (C=O) groups excluding carboxylic acids is 1. The topological polar surface area (TPSA) is 140 Å². The van der Waals surface area contributed by atoms with Gasteiger partial charge < -0.3 is 26.2 Å². The molecule has 1 aliphatic carbocycles. The van der Waals surface area contributed by atoms with Gasteiger partial charge in [0, 0.05) is 46.9 Å². The molecule has 3 aromatic heterocycles. The van der Waals surface area contributed by atoms with Crippen molar-refractivity contribution in [3.05, 3.63) is 41.5 Å².